The molecule has 23 heavy (non-hydrogen) atoms. The highest BCUT2D eigenvalue weighted by Crippen LogP contribution is 2.21. The molecule has 0 saturated carbocycles. The van der Waals surface area contributed by atoms with Crippen molar-refractivity contribution in [3.05, 3.63) is 42.2 Å². The van der Waals surface area contributed by atoms with Crippen LogP contribution in [0.3, 0.4) is 0 Å². The summed E-state index contributed by atoms with van der Waals surface area (Å²) >= 11 is 0. The fraction of sp³-hybridized carbons (Fsp3) is 0.312. The third kappa shape index (κ3) is 4.93. The summed E-state index contributed by atoms with van der Waals surface area (Å²) in [4.78, 5) is 20.1. The lowest BCUT2D eigenvalue weighted by atomic mass is 10.2. The molecule has 0 radical (unpaired) electrons. The van der Waals surface area contributed by atoms with Gasteiger partial charge in [0.1, 0.15) is 18.0 Å². The maximum absolute atomic E-state index is 11.8. The molecule has 7 heteroatoms. The Morgan fingerprint density at radius 2 is 1.96 bits per heavy atom. The third-order valence-electron chi connectivity index (χ3n) is 3.09. The zero-order valence-electron chi connectivity index (χ0n) is 13.2. The van der Waals surface area contributed by atoms with Crippen molar-refractivity contribution >= 4 is 23.3 Å². The second-order valence-electron chi connectivity index (χ2n) is 4.72. The van der Waals surface area contributed by atoms with Gasteiger partial charge >= 0.3 is 5.97 Å². The van der Waals surface area contributed by atoms with Crippen LogP contribution in [0.2, 0.25) is 0 Å². The predicted octanol–water partition coefficient (Wildman–Crippen LogP) is 2.46. The van der Waals surface area contributed by atoms with E-state index in [1.165, 1.54) is 13.4 Å². The Labute approximate surface area is 135 Å². The number of esters is 1. The summed E-state index contributed by atoms with van der Waals surface area (Å²) in [5.74, 6) is 0.889. The van der Waals surface area contributed by atoms with Crippen LogP contribution >= 0.6 is 0 Å². The number of para-hydroxylation sites is 1. The molecule has 2 rings (SSSR count). The normalized spacial score (nSPS) is 10.2. The molecule has 0 spiro atoms. The standard InChI is InChI=1S/C16H20N4O3/c1-22-9-5-8-17-14-10-15(19-11-18-14)20-13-7-4-3-6-12(13)16(21)23-2/h3-4,6-7,10-11H,5,8-9H2,1-2H3,(H2,17,18,19,20). The molecule has 2 aromatic rings. The number of nitrogens with one attached hydrogen (secondary N) is 2. The van der Waals surface area contributed by atoms with E-state index in [1.54, 1.807) is 31.4 Å². The molecule has 7 nitrogen and oxygen atoms in total. The van der Waals surface area contributed by atoms with Gasteiger partial charge in [-0.1, -0.05) is 12.1 Å². The molecule has 1 aromatic heterocycles. The monoisotopic (exact) mass is 316 g/mol. The highest BCUT2D eigenvalue weighted by Gasteiger charge is 2.11. The quantitative estimate of drug-likeness (QED) is 0.571. The molecule has 0 fully saturated rings. The molecule has 0 unspecified atom stereocenters. The molecule has 0 aliphatic heterocycles. The molecule has 122 valence electrons. The molecule has 0 atom stereocenters. The molecule has 1 aromatic carbocycles. The fourth-order valence-electron chi connectivity index (χ4n) is 1.97. The Bertz CT molecular complexity index is 649. The van der Waals surface area contributed by atoms with Crippen LogP contribution in [0.15, 0.2) is 36.7 Å². The van der Waals surface area contributed by atoms with E-state index in [0.29, 0.717) is 29.5 Å². The second-order valence-corrected chi connectivity index (χ2v) is 4.72. The molecule has 0 aliphatic carbocycles. The number of aromatic nitrogens is 2. The van der Waals surface area contributed by atoms with E-state index in [9.17, 15) is 4.79 Å². The Kier molecular flexibility index (Phi) is 6.31. The van der Waals surface area contributed by atoms with Crippen LogP contribution in [-0.4, -0.2) is 43.3 Å². The van der Waals surface area contributed by atoms with Gasteiger partial charge in [-0.05, 0) is 18.6 Å². The summed E-state index contributed by atoms with van der Waals surface area (Å²) in [6, 6.07) is 8.88. The fourth-order valence-corrected chi connectivity index (χ4v) is 1.97. The average Bonchev–Trinajstić information content (AvgIpc) is 2.59. The van der Waals surface area contributed by atoms with Crippen LogP contribution in [0, 0.1) is 0 Å². The van der Waals surface area contributed by atoms with Gasteiger partial charge in [-0.3, -0.25) is 0 Å². The maximum Gasteiger partial charge on any atom is 0.339 e. The van der Waals surface area contributed by atoms with E-state index < -0.39 is 5.97 Å². The number of carbonyl (C=O) groups excluding carboxylic acids is 1. The number of anilines is 3. The van der Waals surface area contributed by atoms with E-state index >= 15 is 0 Å². The van der Waals surface area contributed by atoms with Crippen molar-refractivity contribution in [3.8, 4) is 0 Å². The minimum atomic E-state index is -0.403. The van der Waals surface area contributed by atoms with Gasteiger partial charge in [0.25, 0.3) is 0 Å². The number of ether oxygens (including phenoxy) is 2. The second kappa shape index (κ2) is 8.70. The molecule has 0 aliphatic rings. The Morgan fingerprint density at radius 1 is 1.17 bits per heavy atom. The smallest absolute Gasteiger partial charge is 0.339 e. The highest BCUT2D eigenvalue weighted by molar-refractivity contribution is 5.96. The number of nitrogens with zero attached hydrogens (tertiary/aromatic N) is 2. The molecular formula is C16H20N4O3. The number of hydrogen-bond donors (Lipinski definition) is 2. The van der Waals surface area contributed by atoms with Gasteiger partial charge in [0.15, 0.2) is 0 Å². The van der Waals surface area contributed by atoms with Crippen LogP contribution < -0.4 is 10.6 Å². The lowest BCUT2D eigenvalue weighted by Gasteiger charge is -2.11. The van der Waals surface area contributed by atoms with Crippen molar-refractivity contribution in [2.24, 2.45) is 0 Å². The van der Waals surface area contributed by atoms with Crippen LogP contribution in [0.1, 0.15) is 16.8 Å². The summed E-state index contributed by atoms with van der Waals surface area (Å²) in [5, 5.41) is 6.30. The highest BCUT2D eigenvalue weighted by atomic mass is 16.5. The van der Waals surface area contributed by atoms with E-state index in [0.717, 1.165) is 13.0 Å². The van der Waals surface area contributed by atoms with E-state index in [2.05, 4.69) is 20.6 Å². The van der Waals surface area contributed by atoms with Gasteiger partial charge < -0.3 is 20.1 Å². The van der Waals surface area contributed by atoms with Gasteiger partial charge in [-0.25, -0.2) is 14.8 Å². The molecule has 0 bridgehead atoms. The first kappa shape index (κ1) is 16.7. The lowest BCUT2D eigenvalue weighted by molar-refractivity contribution is 0.0602. The van der Waals surface area contributed by atoms with Crippen molar-refractivity contribution in [1.29, 1.82) is 0 Å². The first-order chi connectivity index (χ1) is 11.2. The van der Waals surface area contributed by atoms with Crippen molar-refractivity contribution in [2.45, 2.75) is 6.42 Å². The molecular weight excluding hydrogens is 296 g/mol. The van der Waals surface area contributed by atoms with Crippen molar-refractivity contribution in [2.75, 3.05) is 38.0 Å². The zero-order valence-corrected chi connectivity index (χ0v) is 13.2. The Balaban J connectivity index is 2.07. The summed E-state index contributed by atoms with van der Waals surface area (Å²) in [7, 11) is 3.03. The van der Waals surface area contributed by atoms with Crippen molar-refractivity contribution < 1.29 is 14.3 Å². The van der Waals surface area contributed by atoms with Crippen LogP contribution in [0.25, 0.3) is 0 Å². The maximum atomic E-state index is 11.8. The minimum absolute atomic E-state index is 0.403. The predicted molar refractivity (Wildman–Crippen MR) is 88.1 cm³/mol. The minimum Gasteiger partial charge on any atom is -0.465 e. The molecule has 0 saturated heterocycles. The first-order valence-electron chi connectivity index (χ1n) is 7.24. The number of carbonyl (C=O) groups is 1. The molecule has 0 amide bonds. The van der Waals surface area contributed by atoms with Crippen molar-refractivity contribution in [1.82, 2.24) is 9.97 Å². The third-order valence-corrected chi connectivity index (χ3v) is 3.09. The number of rotatable bonds is 8. The Morgan fingerprint density at radius 3 is 2.74 bits per heavy atom. The lowest BCUT2D eigenvalue weighted by Crippen LogP contribution is -2.08. The SMILES string of the molecule is COCCCNc1cc(Nc2ccccc2C(=O)OC)ncn1. The Hall–Kier alpha value is -2.67. The van der Waals surface area contributed by atoms with E-state index in [1.807, 2.05) is 6.07 Å². The van der Waals surface area contributed by atoms with Gasteiger partial charge in [0.05, 0.1) is 18.4 Å². The summed E-state index contributed by atoms with van der Waals surface area (Å²) in [5.41, 5.74) is 1.08. The molecule has 1 heterocycles. The van der Waals surface area contributed by atoms with Gasteiger partial charge in [-0.2, -0.15) is 0 Å². The topological polar surface area (TPSA) is 85.4 Å². The average molecular weight is 316 g/mol. The van der Waals surface area contributed by atoms with E-state index in [-0.39, 0.29) is 0 Å². The van der Waals surface area contributed by atoms with Gasteiger partial charge in [-0.15, -0.1) is 0 Å². The van der Waals surface area contributed by atoms with Gasteiger partial charge in [0.2, 0.25) is 0 Å². The molecule has 2 N–H and O–H groups in total. The number of benzene rings is 1. The summed E-state index contributed by atoms with van der Waals surface area (Å²) < 4.78 is 9.78. The number of methoxy groups -OCH3 is 2. The van der Waals surface area contributed by atoms with Crippen molar-refractivity contribution in [3.63, 3.8) is 0 Å². The van der Waals surface area contributed by atoms with Crippen LogP contribution in [-0.2, 0) is 9.47 Å². The van der Waals surface area contributed by atoms with Gasteiger partial charge in [0, 0.05) is 26.3 Å². The summed E-state index contributed by atoms with van der Waals surface area (Å²) in [6.45, 7) is 1.44. The summed E-state index contributed by atoms with van der Waals surface area (Å²) in [6.07, 6.45) is 2.34. The zero-order chi connectivity index (χ0) is 16.5. The first-order valence-corrected chi connectivity index (χ1v) is 7.24. The largest absolute Gasteiger partial charge is 0.465 e. The number of hydrogen-bond acceptors (Lipinski definition) is 7. The van der Waals surface area contributed by atoms with E-state index in [4.69, 9.17) is 9.47 Å². The van der Waals surface area contributed by atoms with Crippen LogP contribution in [0.5, 0.6) is 0 Å². The van der Waals surface area contributed by atoms with Crippen LogP contribution in [0.4, 0.5) is 17.3 Å².